The molecule has 0 spiro atoms. The van der Waals surface area contributed by atoms with Crippen molar-refractivity contribution in [1.82, 2.24) is 9.97 Å². The second-order valence-electron chi connectivity index (χ2n) is 6.64. The zero-order valence-electron chi connectivity index (χ0n) is 16.2. The first-order valence-electron chi connectivity index (χ1n) is 8.92. The van der Waals surface area contributed by atoms with E-state index in [1.165, 1.54) is 34.8 Å². The van der Waals surface area contributed by atoms with Gasteiger partial charge in [-0.15, -0.1) is 11.3 Å². The molecule has 4 aromatic rings. The maximum atomic E-state index is 10.8. The van der Waals surface area contributed by atoms with Crippen molar-refractivity contribution >= 4 is 50.7 Å². The van der Waals surface area contributed by atoms with E-state index in [1.54, 1.807) is 12.1 Å². The molecule has 30 heavy (non-hydrogen) atoms. The summed E-state index contributed by atoms with van der Waals surface area (Å²) in [5, 5.41) is 17.4. The summed E-state index contributed by atoms with van der Waals surface area (Å²) in [6, 6.07) is 14.4. The number of anilines is 4. The summed E-state index contributed by atoms with van der Waals surface area (Å²) >= 11 is 2.89. The number of rotatable bonds is 6. The number of nitrogens with one attached hydrogen (secondary N) is 1. The number of nitro groups is 1. The van der Waals surface area contributed by atoms with Crippen molar-refractivity contribution in [2.24, 2.45) is 0 Å². The van der Waals surface area contributed by atoms with Gasteiger partial charge in [0.05, 0.1) is 10.6 Å². The van der Waals surface area contributed by atoms with Crippen LogP contribution in [-0.4, -0.2) is 29.0 Å². The lowest BCUT2D eigenvalue weighted by Gasteiger charge is -2.12. The quantitative estimate of drug-likeness (QED) is 0.313. The SMILES string of the molecule is CN(C)c1ccc(Nc2nc(N)c(-c3nc(-c4ccc([N+](=O)[O-])cc4)cs3)s2)cc1. The Labute approximate surface area is 180 Å². The molecule has 0 aliphatic rings. The van der Waals surface area contributed by atoms with Crippen molar-refractivity contribution in [2.75, 3.05) is 30.0 Å². The van der Waals surface area contributed by atoms with E-state index in [0.717, 1.165) is 32.5 Å². The van der Waals surface area contributed by atoms with Gasteiger partial charge in [-0.05, 0) is 36.4 Å². The number of aromatic nitrogens is 2. The van der Waals surface area contributed by atoms with E-state index >= 15 is 0 Å². The fraction of sp³-hybridized carbons (Fsp3) is 0.100. The Hall–Kier alpha value is -3.50. The van der Waals surface area contributed by atoms with Crippen LogP contribution < -0.4 is 16.0 Å². The second-order valence-corrected chi connectivity index (χ2v) is 8.50. The topological polar surface area (TPSA) is 110 Å². The number of hydrogen-bond acceptors (Lipinski definition) is 9. The highest BCUT2D eigenvalue weighted by Gasteiger charge is 2.16. The summed E-state index contributed by atoms with van der Waals surface area (Å²) < 4.78 is 0. The van der Waals surface area contributed by atoms with Crippen LogP contribution in [0.25, 0.3) is 21.1 Å². The van der Waals surface area contributed by atoms with Crippen molar-refractivity contribution in [1.29, 1.82) is 0 Å². The zero-order chi connectivity index (χ0) is 21.3. The first-order chi connectivity index (χ1) is 14.4. The summed E-state index contributed by atoms with van der Waals surface area (Å²) in [4.78, 5) is 22.3. The van der Waals surface area contributed by atoms with Gasteiger partial charge in [0, 0.05) is 48.5 Å². The van der Waals surface area contributed by atoms with Crippen molar-refractivity contribution in [3.63, 3.8) is 0 Å². The highest BCUT2D eigenvalue weighted by atomic mass is 32.1. The van der Waals surface area contributed by atoms with Crippen LogP contribution >= 0.6 is 22.7 Å². The van der Waals surface area contributed by atoms with Crippen LogP contribution in [0.4, 0.5) is 28.0 Å². The number of benzene rings is 2. The molecule has 0 unspecified atom stereocenters. The van der Waals surface area contributed by atoms with Gasteiger partial charge in [-0.2, -0.15) is 0 Å². The first kappa shape index (κ1) is 19.8. The Bertz CT molecular complexity index is 1180. The molecular formula is C20H18N6O2S2. The van der Waals surface area contributed by atoms with Crippen LogP contribution in [0.2, 0.25) is 0 Å². The fourth-order valence-corrected chi connectivity index (χ4v) is 4.60. The highest BCUT2D eigenvalue weighted by molar-refractivity contribution is 7.23. The lowest BCUT2D eigenvalue weighted by molar-refractivity contribution is -0.384. The molecule has 0 saturated carbocycles. The van der Waals surface area contributed by atoms with Gasteiger partial charge in [-0.3, -0.25) is 10.1 Å². The number of nitrogen functional groups attached to an aromatic ring is 1. The Morgan fingerprint density at radius 1 is 1.07 bits per heavy atom. The largest absolute Gasteiger partial charge is 0.382 e. The van der Waals surface area contributed by atoms with Gasteiger partial charge in [0.15, 0.2) is 5.13 Å². The minimum atomic E-state index is -0.420. The summed E-state index contributed by atoms with van der Waals surface area (Å²) in [5.74, 6) is 0.414. The standard InChI is InChI=1S/C20H18N6O2S2/c1-25(2)14-9-5-13(6-10-14)22-20-24-18(21)17(30-20)19-23-16(11-29-19)12-3-7-15(8-4-12)26(27)28/h3-11H,21H2,1-2H3,(H,22,24). The minimum absolute atomic E-state index is 0.0511. The number of non-ortho nitro benzene ring substituents is 1. The maximum Gasteiger partial charge on any atom is 0.269 e. The van der Waals surface area contributed by atoms with E-state index in [0.29, 0.717) is 10.9 Å². The third kappa shape index (κ3) is 4.09. The number of nitrogens with two attached hydrogens (primary N) is 1. The molecule has 2 aromatic carbocycles. The molecule has 0 atom stereocenters. The monoisotopic (exact) mass is 438 g/mol. The molecule has 8 nitrogen and oxygen atoms in total. The summed E-state index contributed by atoms with van der Waals surface area (Å²) in [6.45, 7) is 0. The van der Waals surface area contributed by atoms with Crippen molar-refractivity contribution in [3.8, 4) is 21.1 Å². The molecule has 0 amide bonds. The molecule has 0 aliphatic carbocycles. The maximum absolute atomic E-state index is 10.8. The van der Waals surface area contributed by atoms with Gasteiger partial charge in [0.1, 0.15) is 15.7 Å². The first-order valence-corrected chi connectivity index (χ1v) is 10.6. The van der Waals surface area contributed by atoms with Crippen LogP contribution in [0.5, 0.6) is 0 Å². The molecule has 10 heteroatoms. The molecule has 0 saturated heterocycles. The van der Waals surface area contributed by atoms with Crippen LogP contribution in [0.1, 0.15) is 0 Å². The fourth-order valence-electron chi connectivity index (χ4n) is 2.77. The van der Waals surface area contributed by atoms with Crippen molar-refractivity contribution in [2.45, 2.75) is 0 Å². The molecule has 3 N–H and O–H groups in total. The zero-order valence-corrected chi connectivity index (χ0v) is 17.8. The number of nitrogens with zero attached hydrogens (tertiary/aromatic N) is 4. The molecule has 2 aromatic heterocycles. The van der Waals surface area contributed by atoms with Gasteiger partial charge < -0.3 is 16.0 Å². The van der Waals surface area contributed by atoms with Crippen LogP contribution in [0.15, 0.2) is 53.9 Å². The average Bonchev–Trinajstić information content (AvgIpc) is 3.35. The lowest BCUT2D eigenvalue weighted by atomic mass is 10.1. The molecule has 152 valence electrons. The van der Waals surface area contributed by atoms with Gasteiger partial charge in [-0.1, -0.05) is 11.3 Å². The molecule has 4 rings (SSSR count). The average molecular weight is 439 g/mol. The summed E-state index contributed by atoms with van der Waals surface area (Å²) in [7, 11) is 3.99. The number of nitro benzene ring substituents is 1. The van der Waals surface area contributed by atoms with Crippen LogP contribution in [-0.2, 0) is 0 Å². The Kier molecular flexibility index (Phi) is 5.34. The van der Waals surface area contributed by atoms with Gasteiger partial charge in [0.2, 0.25) is 0 Å². The normalized spacial score (nSPS) is 10.7. The summed E-state index contributed by atoms with van der Waals surface area (Å²) in [6.07, 6.45) is 0. The van der Waals surface area contributed by atoms with Gasteiger partial charge >= 0.3 is 0 Å². The predicted molar refractivity (Wildman–Crippen MR) is 124 cm³/mol. The van der Waals surface area contributed by atoms with Crippen LogP contribution in [0.3, 0.4) is 0 Å². The van der Waals surface area contributed by atoms with E-state index in [2.05, 4.69) is 15.3 Å². The molecule has 0 aliphatic heterocycles. The summed E-state index contributed by atoms with van der Waals surface area (Å²) in [5.41, 5.74) is 9.78. The Balaban J connectivity index is 1.54. The van der Waals surface area contributed by atoms with Gasteiger partial charge in [0.25, 0.3) is 5.69 Å². The van der Waals surface area contributed by atoms with E-state index in [9.17, 15) is 10.1 Å². The smallest absolute Gasteiger partial charge is 0.269 e. The van der Waals surface area contributed by atoms with Gasteiger partial charge in [-0.25, -0.2) is 9.97 Å². The second kappa shape index (κ2) is 8.09. The molecule has 0 radical (unpaired) electrons. The Morgan fingerprint density at radius 3 is 2.40 bits per heavy atom. The van der Waals surface area contributed by atoms with E-state index in [1.807, 2.05) is 48.6 Å². The molecule has 2 heterocycles. The molecule has 0 fully saturated rings. The third-order valence-electron chi connectivity index (χ3n) is 4.36. The van der Waals surface area contributed by atoms with Crippen LogP contribution in [0, 0.1) is 10.1 Å². The van der Waals surface area contributed by atoms with E-state index in [4.69, 9.17) is 5.73 Å². The number of thiazole rings is 2. The van der Waals surface area contributed by atoms with Crippen molar-refractivity contribution < 1.29 is 4.92 Å². The predicted octanol–water partition coefficient (Wildman–Crippen LogP) is 5.23. The molecule has 0 bridgehead atoms. The van der Waals surface area contributed by atoms with Crippen molar-refractivity contribution in [3.05, 3.63) is 64.0 Å². The molecular weight excluding hydrogens is 420 g/mol. The Morgan fingerprint density at radius 2 is 1.77 bits per heavy atom. The lowest BCUT2D eigenvalue weighted by Crippen LogP contribution is -2.08. The number of hydrogen-bond donors (Lipinski definition) is 2. The highest BCUT2D eigenvalue weighted by Crippen LogP contribution is 2.39. The van der Waals surface area contributed by atoms with E-state index in [-0.39, 0.29) is 5.69 Å². The minimum Gasteiger partial charge on any atom is -0.382 e. The van der Waals surface area contributed by atoms with E-state index < -0.39 is 4.92 Å². The third-order valence-corrected chi connectivity index (χ3v) is 6.34.